The molecule has 4 nitrogen and oxygen atoms in total. The highest BCUT2D eigenvalue weighted by atomic mass is 19.1. The fourth-order valence-electron chi connectivity index (χ4n) is 1.42. The summed E-state index contributed by atoms with van der Waals surface area (Å²) in [6, 6.07) is 7.53. The number of hydrogen-bond donors (Lipinski definition) is 2. The number of rotatable bonds is 4. The Morgan fingerprint density at radius 3 is 2.59 bits per heavy atom. The van der Waals surface area contributed by atoms with E-state index in [1.165, 1.54) is 0 Å². The molecule has 0 saturated heterocycles. The summed E-state index contributed by atoms with van der Waals surface area (Å²) in [5.41, 5.74) is 1.86. The lowest BCUT2D eigenvalue weighted by molar-refractivity contribution is 0.281. The molecule has 0 amide bonds. The summed E-state index contributed by atoms with van der Waals surface area (Å²) in [5.74, 6) is -0.0846. The SMILES string of the molecule is OCc1cccc(CNc2ncc(F)cn2)c1. The normalized spacial score (nSPS) is 10.2. The van der Waals surface area contributed by atoms with Gasteiger partial charge >= 0.3 is 0 Å². The molecule has 0 bridgehead atoms. The molecule has 0 aliphatic rings. The van der Waals surface area contributed by atoms with E-state index < -0.39 is 5.82 Å². The highest BCUT2D eigenvalue weighted by Gasteiger charge is 1.98. The minimum absolute atomic E-state index is 0.0148. The van der Waals surface area contributed by atoms with E-state index in [1.54, 1.807) is 0 Å². The number of halogens is 1. The van der Waals surface area contributed by atoms with Gasteiger partial charge in [0.15, 0.2) is 5.82 Å². The van der Waals surface area contributed by atoms with Crippen molar-refractivity contribution in [3.05, 3.63) is 53.6 Å². The Morgan fingerprint density at radius 2 is 1.88 bits per heavy atom. The van der Waals surface area contributed by atoms with Crippen LogP contribution in [-0.4, -0.2) is 15.1 Å². The first kappa shape index (κ1) is 11.5. The lowest BCUT2D eigenvalue weighted by Crippen LogP contribution is -2.03. The summed E-state index contributed by atoms with van der Waals surface area (Å²) < 4.78 is 12.6. The molecule has 0 saturated carbocycles. The van der Waals surface area contributed by atoms with Crippen LogP contribution in [0.4, 0.5) is 10.3 Å². The van der Waals surface area contributed by atoms with Crippen LogP contribution in [-0.2, 0) is 13.2 Å². The standard InChI is InChI=1S/C12H12FN3O/c13-11-6-15-12(16-7-11)14-5-9-2-1-3-10(4-9)8-17/h1-4,6-7,17H,5,8H2,(H,14,15,16). The first-order valence-electron chi connectivity index (χ1n) is 5.18. The Labute approximate surface area is 98.2 Å². The molecule has 1 aromatic carbocycles. The molecular formula is C12H12FN3O. The largest absolute Gasteiger partial charge is 0.392 e. The topological polar surface area (TPSA) is 58.0 Å². The van der Waals surface area contributed by atoms with Gasteiger partial charge in [0.25, 0.3) is 0 Å². The van der Waals surface area contributed by atoms with Crippen molar-refractivity contribution in [2.45, 2.75) is 13.2 Å². The van der Waals surface area contributed by atoms with Gasteiger partial charge in [-0.2, -0.15) is 0 Å². The van der Waals surface area contributed by atoms with E-state index in [0.29, 0.717) is 12.5 Å². The van der Waals surface area contributed by atoms with E-state index in [-0.39, 0.29) is 6.61 Å². The van der Waals surface area contributed by atoms with Gasteiger partial charge in [0.1, 0.15) is 0 Å². The molecule has 0 aliphatic carbocycles. The monoisotopic (exact) mass is 233 g/mol. The molecule has 2 aromatic rings. The summed E-state index contributed by atoms with van der Waals surface area (Å²) in [5, 5.41) is 12.0. The average Bonchev–Trinajstić information content (AvgIpc) is 2.38. The molecular weight excluding hydrogens is 221 g/mol. The van der Waals surface area contributed by atoms with Gasteiger partial charge in [0, 0.05) is 6.54 Å². The third-order valence-electron chi connectivity index (χ3n) is 2.24. The second kappa shape index (κ2) is 5.36. The van der Waals surface area contributed by atoms with E-state index in [1.807, 2.05) is 24.3 Å². The number of anilines is 1. The van der Waals surface area contributed by atoms with Gasteiger partial charge in [0.2, 0.25) is 5.95 Å². The van der Waals surface area contributed by atoms with Gasteiger partial charge in [-0.15, -0.1) is 0 Å². The van der Waals surface area contributed by atoms with Crippen LogP contribution >= 0.6 is 0 Å². The highest BCUT2D eigenvalue weighted by molar-refractivity contribution is 5.29. The molecule has 2 rings (SSSR count). The van der Waals surface area contributed by atoms with Gasteiger partial charge in [-0.05, 0) is 11.1 Å². The fourth-order valence-corrected chi connectivity index (χ4v) is 1.42. The predicted molar refractivity (Wildman–Crippen MR) is 61.7 cm³/mol. The maximum Gasteiger partial charge on any atom is 0.223 e. The third kappa shape index (κ3) is 3.22. The molecule has 0 radical (unpaired) electrons. The summed E-state index contributed by atoms with van der Waals surface area (Å²) in [4.78, 5) is 7.58. The fraction of sp³-hybridized carbons (Fsp3) is 0.167. The number of nitrogens with zero attached hydrogens (tertiary/aromatic N) is 2. The van der Waals surface area contributed by atoms with Crippen LogP contribution in [0.2, 0.25) is 0 Å². The first-order chi connectivity index (χ1) is 8.28. The van der Waals surface area contributed by atoms with Crippen molar-refractivity contribution >= 4 is 5.95 Å². The average molecular weight is 233 g/mol. The summed E-state index contributed by atoms with van der Waals surface area (Å²) in [7, 11) is 0. The zero-order valence-electron chi connectivity index (χ0n) is 9.10. The van der Waals surface area contributed by atoms with Gasteiger partial charge in [-0.3, -0.25) is 0 Å². The maximum absolute atomic E-state index is 12.6. The van der Waals surface area contributed by atoms with Gasteiger partial charge < -0.3 is 10.4 Å². The molecule has 0 spiro atoms. The minimum atomic E-state index is -0.460. The third-order valence-corrected chi connectivity index (χ3v) is 2.24. The number of benzene rings is 1. The van der Waals surface area contributed by atoms with Crippen molar-refractivity contribution in [2.75, 3.05) is 5.32 Å². The van der Waals surface area contributed by atoms with Crippen LogP contribution in [0.15, 0.2) is 36.7 Å². The lowest BCUT2D eigenvalue weighted by atomic mass is 10.1. The van der Waals surface area contributed by atoms with E-state index in [4.69, 9.17) is 5.11 Å². The van der Waals surface area contributed by atoms with Gasteiger partial charge in [-0.1, -0.05) is 24.3 Å². The zero-order valence-corrected chi connectivity index (χ0v) is 9.10. The Balaban J connectivity index is 1.99. The molecule has 0 atom stereocenters. The number of aromatic nitrogens is 2. The first-order valence-corrected chi connectivity index (χ1v) is 5.18. The summed E-state index contributed by atoms with van der Waals surface area (Å²) >= 11 is 0. The van der Waals surface area contributed by atoms with Crippen molar-refractivity contribution in [2.24, 2.45) is 0 Å². The van der Waals surface area contributed by atoms with Crippen LogP contribution in [0.3, 0.4) is 0 Å². The number of aliphatic hydroxyl groups is 1. The molecule has 2 N–H and O–H groups in total. The molecule has 88 valence electrons. The van der Waals surface area contributed by atoms with Crippen molar-refractivity contribution in [1.82, 2.24) is 9.97 Å². The second-order valence-corrected chi connectivity index (χ2v) is 3.56. The number of aliphatic hydroxyl groups excluding tert-OH is 1. The van der Waals surface area contributed by atoms with Crippen LogP contribution in [0.25, 0.3) is 0 Å². The van der Waals surface area contributed by atoms with Gasteiger partial charge in [0.05, 0.1) is 19.0 Å². The lowest BCUT2D eigenvalue weighted by Gasteiger charge is -2.05. The highest BCUT2D eigenvalue weighted by Crippen LogP contribution is 2.07. The predicted octanol–water partition coefficient (Wildman–Crippen LogP) is 1.72. The Hall–Kier alpha value is -2.01. The van der Waals surface area contributed by atoms with Crippen LogP contribution in [0.5, 0.6) is 0 Å². The van der Waals surface area contributed by atoms with E-state index in [9.17, 15) is 4.39 Å². The zero-order chi connectivity index (χ0) is 12.1. The van der Waals surface area contributed by atoms with Crippen LogP contribution < -0.4 is 5.32 Å². The molecule has 0 unspecified atom stereocenters. The molecule has 0 fully saturated rings. The second-order valence-electron chi connectivity index (χ2n) is 3.56. The van der Waals surface area contributed by atoms with E-state index in [2.05, 4.69) is 15.3 Å². The number of hydrogen-bond acceptors (Lipinski definition) is 4. The molecule has 1 aromatic heterocycles. The van der Waals surface area contributed by atoms with Crippen LogP contribution in [0.1, 0.15) is 11.1 Å². The Kier molecular flexibility index (Phi) is 3.62. The van der Waals surface area contributed by atoms with Crippen molar-refractivity contribution < 1.29 is 9.50 Å². The van der Waals surface area contributed by atoms with Crippen LogP contribution in [0, 0.1) is 5.82 Å². The van der Waals surface area contributed by atoms with Crippen molar-refractivity contribution in [3.8, 4) is 0 Å². The molecule has 1 heterocycles. The summed E-state index contributed by atoms with van der Waals surface area (Å²) in [6.07, 6.45) is 2.22. The molecule has 17 heavy (non-hydrogen) atoms. The minimum Gasteiger partial charge on any atom is -0.392 e. The Bertz CT molecular complexity index is 487. The molecule has 5 heteroatoms. The summed E-state index contributed by atoms with van der Waals surface area (Å²) in [6.45, 7) is 0.542. The quantitative estimate of drug-likeness (QED) is 0.844. The van der Waals surface area contributed by atoms with E-state index in [0.717, 1.165) is 23.5 Å². The maximum atomic E-state index is 12.6. The number of nitrogens with one attached hydrogen (secondary N) is 1. The molecule has 0 aliphatic heterocycles. The van der Waals surface area contributed by atoms with Crippen molar-refractivity contribution in [3.63, 3.8) is 0 Å². The smallest absolute Gasteiger partial charge is 0.223 e. The van der Waals surface area contributed by atoms with Crippen molar-refractivity contribution in [1.29, 1.82) is 0 Å². The Morgan fingerprint density at radius 1 is 1.18 bits per heavy atom. The van der Waals surface area contributed by atoms with E-state index >= 15 is 0 Å². The van der Waals surface area contributed by atoms with Gasteiger partial charge in [-0.25, -0.2) is 14.4 Å².